The number of carboxylic acid groups (broad SMARTS) is 1. The predicted octanol–water partition coefficient (Wildman–Crippen LogP) is 4.40. The molecule has 31 heavy (non-hydrogen) atoms. The van der Waals surface area contributed by atoms with Gasteiger partial charge in [-0.2, -0.15) is 0 Å². The van der Waals surface area contributed by atoms with Crippen molar-refractivity contribution in [3.05, 3.63) is 22.8 Å². The maximum Gasteiger partial charge on any atom is 0.328 e. The van der Waals surface area contributed by atoms with Crippen LogP contribution in [0.3, 0.4) is 0 Å². The standard InChI is InChI=1S/C25H40O6/c1-6-7-8-22(30)31-20-11-12-24(4)18(10-9-16(2)13-21(28)29)17(3)14-19(27)23(24)25(20,5)15-26/h13,19-20,23,26-27H,6-12,14-15H2,1-5H3,(H,28,29). The van der Waals surface area contributed by atoms with E-state index in [0.29, 0.717) is 25.7 Å². The Morgan fingerprint density at radius 1 is 1.26 bits per heavy atom. The molecular weight excluding hydrogens is 396 g/mol. The third kappa shape index (κ3) is 5.40. The Balaban J connectivity index is 2.32. The Morgan fingerprint density at radius 3 is 2.52 bits per heavy atom. The molecule has 1 saturated carbocycles. The lowest BCUT2D eigenvalue weighted by Gasteiger charge is -2.59. The van der Waals surface area contributed by atoms with Gasteiger partial charge in [-0.1, -0.05) is 43.9 Å². The molecule has 6 nitrogen and oxygen atoms in total. The molecule has 0 heterocycles. The van der Waals surface area contributed by atoms with Gasteiger partial charge in [0, 0.05) is 23.8 Å². The van der Waals surface area contributed by atoms with Crippen molar-refractivity contribution in [1.82, 2.24) is 0 Å². The van der Waals surface area contributed by atoms with Crippen LogP contribution in [0.15, 0.2) is 22.8 Å². The summed E-state index contributed by atoms with van der Waals surface area (Å²) in [7, 11) is 0. The van der Waals surface area contributed by atoms with Crippen LogP contribution in [0.1, 0.15) is 86.0 Å². The molecule has 3 N–H and O–H groups in total. The first-order chi connectivity index (χ1) is 14.5. The van der Waals surface area contributed by atoms with E-state index in [4.69, 9.17) is 9.84 Å². The molecule has 0 bridgehead atoms. The zero-order chi connectivity index (χ0) is 23.4. The Hall–Kier alpha value is -1.66. The van der Waals surface area contributed by atoms with Crippen LogP contribution in [0.5, 0.6) is 0 Å². The van der Waals surface area contributed by atoms with Crippen LogP contribution in [0.25, 0.3) is 0 Å². The molecule has 6 heteroatoms. The molecule has 0 aliphatic heterocycles. The van der Waals surface area contributed by atoms with Gasteiger partial charge in [0.2, 0.25) is 0 Å². The second-order valence-corrected chi connectivity index (χ2v) is 10.0. The third-order valence-corrected chi connectivity index (χ3v) is 7.65. The van der Waals surface area contributed by atoms with Gasteiger partial charge in [0.05, 0.1) is 12.7 Å². The molecule has 176 valence electrons. The van der Waals surface area contributed by atoms with Gasteiger partial charge in [0.15, 0.2) is 0 Å². The van der Waals surface area contributed by atoms with Crippen LogP contribution in [-0.2, 0) is 14.3 Å². The predicted molar refractivity (Wildman–Crippen MR) is 119 cm³/mol. The highest BCUT2D eigenvalue weighted by atomic mass is 16.5. The summed E-state index contributed by atoms with van der Waals surface area (Å²) in [4.78, 5) is 23.3. The normalized spacial score (nSPS) is 33.8. The Labute approximate surface area is 186 Å². The highest BCUT2D eigenvalue weighted by Gasteiger charge is 2.60. The summed E-state index contributed by atoms with van der Waals surface area (Å²) in [5.74, 6) is -1.42. The molecule has 2 aliphatic carbocycles. The number of ether oxygens (including phenoxy) is 1. The number of rotatable bonds is 9. The number of carbonyl (C=O) groups is 2. The summed E-state index contributed by atoms with van der Waals surface area (Å²) >= 11 is 0. The SMILES string of the molecule is CCCCC(=O)OC1CCC2(C)C(CCC(C)=CC(=O)O)=C(C)CC(O)C2C1(C)CO. The van der Waals surface area contributed by atoms with Crippen LogP contribution in [-0.4, -0.2) is 46.1 Å². The van der Waals surface area contributed by atoms with Crippen molar-refractivity contribution >= 4 is 11.9 Å². The second-order valence-electron chi connectivity index (χ2n) is 10.0. The molecule has 5 atom stereocenters. The van der Waals surface area contributed by atoms with Gasteiger partial charge in [0.25, 0.3) is 0 Å². The molecule has 0 saturated heterocycles. The number of aliphatic hydroxyl groups excluding tert-OH is 2. The Morgan fingerprint density at radius 2 is 1.94 bits per heavy atom. The minimum atomic E-state index is -0.940. The summed E-state index contributed by atoms with van der Waals surface area (Å²) in [6.07, 6.45) is 5.54. The maximum atomic E-state index is 12.3. The van der Waals surface area contributed by atoms with Crippen LogP contribution >= 0.6 is 0 Å². The van der Waals surface area contributed by atoms with Gasteiger partial charge in [-0.3, -0.25) is 4.79 Å². The minimum absolute atomic E-state index is 0.166. The number of unbranched alkanes of at least 4 members (excludes halogenated alkanes) is 1. The van der Waals surface area contributed by atoms with Crippen LogP contribution in [0.4, 0.5) is 0 Å². The Kier molecular flexibility index (Phi) is 8.51. The summed E-state index contributed by atoms with van der Waals surface area (Å²) in [6, 6.07) is 0. The average molecular weight is 437 g/mol. The van der Waals surface area contributed by atoms with Crippen molar-refractivity contribution < 1.29 is 29.6 Å². The van der Waals surface area contributed by atoms with Crippen molar-refractivity contribution in [3.63, 3.8) is 0 Å². The molecule has 0 aromatic heterocycles. The smallest absolute Gasteiger partial charge is 0.328 e. The van der Waals surface area contributed by atoms with Crippen molar-refractivity contribution in [3.8, 4) is 0 Å². The number of fused-ring (bicyclic) bond motifs is 1. The third-order valence-electron chi connectivity index (χ3n) is 7.65. The van der Waals surface area contributed by atoms with E-state index in [0.717, 1.165) is 36.8 Å². The van der Waals surface area contributed by atoms with Gasteiger partial charge in [-0.15, -0.1) is 0 Å². The number of allylic oxidation sites excluding steroid dienone is 2. The monoisotopic (exact) mass is 436 g/mol. The largest absolute Gasteiger partial charge is 0.478 e. The quantitative estimate of drug-likeness (QED) is 0.281. The van der Waals surface area contributed by atoms with E-state index in [9.17, 15) is 19.8 Å². The molecule has 5 unspecified atom stereocenters. The van der Waals surface area contributed by atoms with Gasteiger partial charge in [-0.05, 0) is 57.8 Å². The highest BCUT2D eigenvalue weighted by Crippen LogP contribution is 2.61. The van der Waals surface area contributed by atoms with E-state index in [-0.39, 0.29) is 23.9 Å². The van der Waals surface area contributed by atoms with E-state index in [2.05, 4.69) is 6.92 Å². The number of carbonyl (C=O) groups excluding carboxylic acids is 1. The first-order valence-electron chi connectivity index (χ1n) is 11.6. The maximum absolute atomic E-state index is 12.3. The van der Waals surface area contributed by atoms with E-state index in [1.165, 1.54) is 11.6 Å². The van der Waals surface area contributed by atoms with E-state index in [1.54, 1.807) is 0 Å². The van der Waals surface area contributed by atoms with Gasteiger partial charge < -0.3 is 20.1 Å². The van der Waals surface area contributed by atoms with Crippen LogP contribution in [0.2, 0.25) is 0 Å². The fraction of sp³-hybridized carbons (Fsp3) is 0.760. The number of hydrogen-bond acceptors (Lipinski definition) is 5. The molecule has 0 aromatic carbocycles. The first-order valence-corrected chi connectivity index (χ1v) is 11.6. The second kappa shape index (κ2) is 10.3. The minimum Gasteiger partial charge on any atom is -0.478 e. The van der Waals surface area contributed by atoms with Crippen molar-refractivity contribution in [2.75, 3.05) is 6.61 Å². The fourth-order valence-corrected chi connectivity index (χ4v) is 6.13. The number of aliphatic carboxylic acids is 1. The lowest BCUT2D eigenvalue weighted by Crippen LogP contribution is -2.60. The number of hydrogen-bond donors (Lipinski definition) is 3. The van der Waals surface area contributed by atoms with E-state index < -0.39 is 23.6 Å². The van der Waals surface area contributed by atoms with E-state index in [1.807, 2.05) is 27.7 Å². The summed E-state index contributed by atoms with van der Waals surface area (Å²) in [6.45, 7) is 9.82. The molecule has 0 spiro atoms. The lowest BCUT2D eigenvalue weighted by molar-refractivity contribution is -0.190. The fourth-order valence-electron chi connectivity index (χ4n) is 6.13. The van der Waals surface area contributed by atoms with Gasteiger partial charge in [0.1, 0.15) is 6.10 Å². The topological polar surface area (TPSA) is 104 Å². The summed E-state index contributed by atoms with van der Waals surface area (Å²) < 4.78 is 5.85. The first kappa shape index (κ1) is 25.6. The lowest BCUT2D eigenvalue weighted by atomic mass is 9.47. The molecule has 0 radical (unpaired) electrons. The number of carboxylic acids is 1. The Bertz CT molecular complexity index is 738. The average Bonchev–Trinajstić information content (AvgIpc) is 2.67. The summed E-state index contributed by atoms with van der Waals surface area (Å²) in [5, 5.41) is 30.6. The molecule has 1 fully saturated rings. The zero-order valence-corrected chi connectivity index (χ0v) is 19.7. The molecule has 2 aliphatic rings. The summed E-state index contributed by atoms with van der Waals surface area (Å²) in [5.41, 5.74) is 2.12. The van der Waals surface area contributed by atoms with Crippen LogP contribution < -0.4 is 0 Å². The van der Waals surface area contributed by atoms with Crippen molar-refractivity contribution in [2.45, 2.75) is 98.2 Å². The highest BCUT2D eigenvalue weighted by molar-refractivity contribution is 5.80. The van der Waals surface area contributed by atoms with E-state index >= 15 is 0 Å². The van der Waals surface area contributed by atoms with Crippen molar-refractivity contribution in [2.24, 2.45) is 16.7 Å². The number of aliphatic hydroxyl groups is 2. The van der Waals surface area contributed by atoms with Crippen molar-refractivity contribution in [1.29, 1.82) is 0 Å². The van der Waals surface area contributed by atoms with Gasteiger partial charge >= 0.3 is 11.9 Å². The number of esters is 1. The molecular formula is C25H40O6. The molecule has 0 amide bonds. The zero-order valence-electron chi connectivity index (χ0n) is 19.7. The molecule has 2 rings (SSSR count). The van der Waals surface area contributed by atoms with Crippen LogP contribution in [0, 0.1) is 16.7 Å². The van der Waals surface area contributed by atoms with Gasteiger partial charge in [-0.25, -0.2) is 4.79 Å². The molecule has 0 aromatic rings.